The molecule has 1 aromatic carbocycles. The van der Waals surface area contributed by atoms with E-state index in [1.807, 2.05) is 6.07 Å². The van der Waals surface area contributed by atoms with Crippen molar-refractivity contribution in [3.63, 3.8) is 0 Å². The van der Waals surface area contributed by atoms with Crippen molar-refractivity contribution in [3.8, 4) is 0 Å². The Bertz CT molecular complexity index is 1080. The van der Waals surface area contributed by atoms with Gasteiger partial charge in [-0.05, 0) is 93.7 Å². The standard InChI is InChI=1S/C33H50N4O6/c1-23-11-14-36-22-37-15-12-24(17-29(37)28(36)16-23)6-5-13-34-30(38)18-25(20-32(40)41)9-10-26(21-33(42)43)19-31(39)35-27-7-3-2-4-8-27/h2-4,7-8,23-26,28-29H,5-6,9-22H2,1H3,(H,34,38)(H,35,39)(H,40,41)(H,42,43). The Morgan fingerprint density at radius 2 is 1.44 bits per heavy atom. The van der Waals surface area contributed by atoms with Crippen LogP contribution in [0.25, 0.3) is 0 Å². The summed E-state index contributed by atoms with van der Waals surface area (Å²) in [5.41, 5.74) is 0.636. The van der Waals surface area contributed by atoms with Crippen LogP contribution in [-0.4, -0.2) is 82.2 Å². The summed E-state index contributed by atoms with van der Waals surface area (Å²) < 4.78 is 0. The molecule has 3 saturated heterocycles. The highest BCUT2D eigenvalue weighted by atomic mass is 16.4. The van der Waals surface area contributed by atoms with Gasteiger partial charge in [0.05, 0.1) is 6.67 Å². The molecule has 0 spiro atoms. The number of benzene rings is 1. The smallest absolute Gasteiger partial charge is 0.303 e. The van der Waals surface area contributed by atoms with Crippen LogP contribution in [0.15, 0.2) is 30.3 Å². The fourth-order valence-electron chi connectivity index (χ4n) is 7.47. The number of anilines is 1. The highest BCUT2D eigenvalue weighted by Gasteiger charge is 2.44. The van der Waals surface area contributed by atoms with Crippen molar-refractivity contribution < 1.29 is 29.4 Å². The lowest BCUT2D eigenvalue weighted by Gasteiger charge is -2.39. The summed E-state index contributed by atoms with van der Waals surface area (Å²) in [5, 5.41) is 24.6. The van der Waals surface area contributed by atoms with E-state index >= 15 is 0 Å². The molecule has 4 rings (SSSR count). The van der Waals surface area contributed by atoms with Crippen LogP contribution in [-0.2, 0) is 19.2 Å². The number of fused-ring (bicyclic) bond motifs is 3. The maximum absolute atomic E-state index is 12.8. The number of carbonyl (C=O) groups excluding carboxylic acids is 2. The van der Waals surface area contributed by atoms with E-state index in [0.29, 0.717) is 43.1 Å². The minimum Gasteiger partial charge on any atom is -0.481 e. The van der Waals surface area contributed by atoms with Gasteiger partial charge in [0.25, 0.3) is 0 Å². The number of rotatable bonds is 16. The van der Waals surface area contributed by atoms with E-state index in [1.54, 1.807) is 24.3 Å². The number of aliphatic carboxylic acids is 2. The van der Waals surface area contributed by atoms with Crippen LogP contribution in [0.1, 0.15) is 84.0 Å². The first kappa shape index (κ1) is 32.9. The SMILES string of the molecule is CC1CCN2CN3CCC(CCCNC(=O)CC(CCC(CC(=O)O)CC(=O)Nc4ccccc4)CC(=O)O)CC3C2C1. The second-order valence-corrected chi connectivity index (χ2v) is 13.2. The summed E-state index contributed by atoms with van der Waals surface area (Å²) in [5.74, 6) is -1.82. The highest BCUT2D eigenvalue weighted by Crippen LogP contribution is 2.39. The zero-order valence-corrected chi connectivity index (χ0v) is 25.6. The third kappa shape index (κ3) is 10.6. The average Bonchev–Trinajstić information content (AvgIpc) is 3.31. The van der Waals surface area contributed by atoms with Crippen molar-refractivity contribution in [2.24, 2.45) is 23.7 Å². The van der Waals surface area contributed by atoms with Crippen molar-refractivity contribution in [2.75, 3.05) is 31.6 Å². The Balaban J connectivity index is 1.18. The predicted molar refractivity (Wildman–Crippen MR) is 164 cm³/mol. The number of amides is 2. The van der Waals surface area contributed by atoms with Gasteiger partial charge in [-0.2, -0.15) is 0 Å². The minimum absolute atomic E-state index is 0.0186. The molecule has 0 radical (unpaired) electrons. The van der Waals surface area contributed by atoms with Crippen molar-refractivity contribution in [3.05, 3.63) is 30.3 Å². The van der Waals surface area contributed by atoms with Crippen LogP contribution in [0.4, 0.5) is 5.69 Å². The van der Waals surface area contributed by atoms with Gasteiger partial charge in [0.1, 0.15) is 0 Å². The average molecular weight is 599 g/mol. The molecule has 10 heteroatoms. The lowest BCUT2D eigenvalue weighted by atomic mass is 9.81. The van der Waals surface area contributed by atoms with Gasteiger partial charge in [0.2, 0.25) is 11.8 Å². The van der Waals surface area contributed by atoms with Gasteiger partial charge in [-0.25, -0.2) is 0 Å². The van der Waals surface area contributed by atoms with Gasteiger partial charge in [0.15, 0.2) is 0 Å². The fraction of sp³-hybridized carbons (Fsp3) is 0.697. The third-order valence-electron chi connectivity index (χ3n) is 9.72. The van der Waals surface area contributed by atoms with Gasteiger partial charge in [-0.3, -0.25) is 29.0 Å². The molecule has 0 aromatic heterocycles. The second kappa shape index (κ2) is 16.2. The topological polar surface area (TPSA) is 139 Å². The van der Waals surface area contributed by atoms with Crippen LogP contribution in [0.3, 0.4) is 0 Å². The van der Waals surface area contributed by atoms with Gasteiger partial charge in [-0.1, -0.05) is 25.1 Å². The number of hydrogen-bond donors (Lipinski definition) is 4. The molecule has 3 aliphatic heterocycles. The maximum atomic E-state index is 12.8. The Labute approximate surface area is 255 Å². The second-order valence-electron chi connectivity index (χ2n) is 13.2. The van der Waals surface area contributed by atoms with Crippen LogP contribution in [0.5, 0.6) is 0 Å². The molecule has 0 saturated carbocycles. The zero-order valence-electron chi connectivity index (χ0n) is 25.6. The molecule has 3 heterocycles. The fourth-order valence-corrected chi connectivity index (χ4v) is 7.47. The monoisotopic (exact) mass is 598 g/mol. The number of carboxylic acid groups (broad SMARTS) is 2. The van der Waals surface area contributed by atoms with Crippen LogP contribution < -0.4 is 10.6 Å². The van der Waals surface area contributed by atoms with E-state index in [2.05, 4.69) is 27.4 Å². The van der Waals surface area contributed by atoms with Crippen LogP contribution >= 0.6 is 0 Å². The number of para-hydroxylation sites is 1. The van der Waals surface area contributed by atoms with E-state index in [1.165, 1.54) is 32.2 Å². The third-order valence-corrected chi connectivity index (χ3v) is 9.72. The van der Waals surface area contributed by atoms with E-state index < -0.39 is 23.8 Å². The summed E-state index contributed by atoms with van der Waals surface area (Å²) in [7, 11) is 0. The molecule has 238 valence electrons. The highest BCUT2D eigenvalue weighted by molar-refractivity contribution is 5.91. The first-order valence-corrected chi connectivity index (χ1v) is 16.2. The summed E-state index contributed by atoms with van der Waals surface area (Å²) in [6.07, 6.45) is 7.54. The normalized spacial score (nSPS) is 25.2. The lowest BCUT2D eigenvalue weighted by molar-refractivity contribution is -0.140. The van der Waals surface area contributed by atoms with Gasteiger partial charge in [-0.15, -0.1) is 0 Å². The van der Waals surface area contributed by atoms with Crippen molar-refractivity contribution in [1.82, 2.24) is 15.1 Å². The summed E-state index contributed by atoms with van der Waals surface area (Å²) in [4.78, 5) is 53.6. The van der Waals surface area contributed by atoms with E-state index in [9.17, 15) is 29.4 Å². The molecular formula is C33H50N4O6. The molecule has 6 atom stereocenters. The number of piperidine rings is 2. The van der Waals surface area contributed by atoms with Crippen LogP contribution in [0.2, 0.25) is 0 Å². The minimum atomic E-state index is -1.01. The number of hydrogen-bond acceptors (Lipinski definition) is 6. The first-order chi connectivity index (χ1) is 20.7. The molecule has 0 aliphatic carbocycles. The van der Waals surface area contributed by atoms with Gasteiger partial charge >= 0.3 is 11.9 Å². The maximum Gasteiger partial charge on any atom is 0.303 e. The summed E-state index contributed by atoms with van der Waals surface area (Å²) in [6.45, 7) is 6.47. The molecule has 1 aromatic rings. The predicted octanol–water partition coefficient (Wildman–Crippen LogP) is 4.42. The first-order valence-electron chi connectivity index (χ1n) is 16.2. The number of carboxylic acids is 2. The Morgan fingerprint density at radius 1 is 0.837 bits per heavy atom. The Hall–Kier alpha value is -2.98. The zero-order chi connectivity index (χ0) is 30.8. The van der Waals surface area contributed by atoms with Crippen molar-refractivity contribution in [2.45, 2.75) is 96.1 Å². The lowest BCUT2D eigenvalue weighted by Crippen LogP contribution is -2.45. The number of carbonyl (C=O) groups is 4. The molecule has 6 unspecified atom stereocenters. The van der Waals surface area contributed by atoms with Crippen LogP contribution in [0, 0.1) is 23.7 Å². The molecular weight excluding hydrogens is 548 g/mol. The molecule has 3 aliphatic rings. The quantitative estimate of drug-likeness (QED) is 0.205. The van der Waals surface area contributed by atoms with E-state index in [-0.39, 0.29) is 37.5 Å². The molecule has 43 heavy (non-hydrogen) atoms. The van der Waals surface area contributed by atoms with Crippen molar-refractivity contribution >= 4 is 29.4 Å². The Morgan fingerprint density at radius 3 is 2.09 bits per heavy atom. The molecule has 2 amide bonds. The largest absolute Gasteiger partial charge is 0.481 e. The van der Waals surface area contributed by atoms with E-state index in [4.69, 9.17) is 0 Å². The molecule has 10 nitrogen and oxygen atoms in total. The number of nitrogens with one attached hydrogen (secondary N) is 2. The van der Waals surface area contributed by atoms with Crippen molar-refractivity contribution in [1.29, 1.82) is 0 Å². The van der Waals surface area contributed by atoms with E-state index in [0.717, 1.165) is 32.0 Å². The van der Waals surface area contributed by atoms with Gasteiger partial charge < -0.3 is 20.8 Å². The number of nitrogens with zero attached hydrogens (tertiary/aromatic N) is 2. The van der Waals surface area contributed by atoms with Gasteiger partial charge in [0, 0.05) is 56.5 Å². The summed E-state index contributed by atoms with van der Waals surface area (Å²) in [6, 6.07) is 10.3. The Kier molecular flexibility index (Phi) is 12.4. The molecule has 0 bridgehead atoms. The summed E-state index contributed by atoms with van der Waals surface area (Å²) >= 11 is 0. The molecule has 4 N–H and O–H groups in total. The molecule has 3 fully saturated rings.